The molecule has 2 fully saturated rings. The van der Waals surface area contributed by atoms with E-state index in [0.29, 0.717) is 24.8 Å². The third-order valence-electron chi connectivity index (χ3n) is 4.58. The van der Waals surface area contributed by atoms with Crippen LogP contribution in [0.1, 0.15) is 27.2 Å². The van der Waals surface area contributed by atoms with Gasteiger partial charge in [-0.15, -0.1) is 0 Å². The average molecular weight is 254 g/mol. The lowest BCUT2D eigenvalue weighted by Gasteiger charge is -2.28. The van der Waals surface area contributed by atoms with Gasteiger partial charge in [-0.25, -0.2) is 4.79 Å². The molecule has 2 heterocycles. The zero-order chi connectivity index (χ0) is 13.4. The molecular weight excluding hydrogens is 232 g/mol. The van der Waals surface area contributed by atoms with Gasteiger partial charge in [0.1, 0.15) is 0 Å². The molecule has 2 rings (SSSR count). The molecular formula is C13H22N2O3. The van der Waals surface area contributed by atoms with Crippen molar-refractivity contribution in [1.82, 2.24) is 9.80 Å². The van der Waals surface area contributed by atoms with Crippen molar-refractivity contribution in [2.24, 2.45) is 17.8 Å². The van der Waals surface area contributed by atoms with Gasteiger partial charge in [0.05, 0.1) is 5.92 Å². The third kappa shape index (κ3) is 2.18. The summed E-state index contributed by atoms with van der Waals surface area (Å²) in [5, 5.41) is 9.08. The summed E-state index contributed by atoms with van der Waals surface area (Å²) in [6, 6.07) is -0.177. The summed E-state index contributed by atoms with van der Waals surface area (Å²) in [5.74, 6) is -0.142. The molecule has 0 spiro atoms. The lowest BCUT2D eigenvalue weighted by Crippen LogP contribution is -2.45. The maximum absolute atomic E-state index is 12.4. The van der Waals surface area contributed by atoms with Crippen LogP contribution in [-0.4, -0.2) is 52.6 Å². The lowest BCUT2D eigenvalue weighted by atomic mass is 10.0. The second-order valence-corrected chi connectivity index (χ2v) is 5.81. The minimum absolute atomic E-state index is 0.0162. The maximum Gasteiger partial charge on any atom is 0.320 e. The van der Waals surface area contributed by atoms with Gasteiger partial charge in [0.25, 0.3) is 0 Å². The van der Waals surface area contributed by atoms with Crippen molar-refractivity contribution in [2.45, 2.75) is 33.2 Å². The average Bonchev–Trinajstić information content (AvgIpc) is 2.82. The van der Waals surface area contributed by atoms with E-state index in [1.807, 2.05) is 11.8 Å². The highest BCUT2D eigenvalue weighted by Crippen LogP contribution is 2.28. The number of aliphatic carboxylic acids is 1. The molecule has 5 nitrogen and oxygen atoms in total. The van der Waals surface area contributed by atoms with Crippen LogP contribution in [-0.2, 0) is 4.79 Å². The Hall–Kier alpha value is -1.26. The largest absolute Gasteiger partial charge is 0.481 e. The first kappa shape index (κ1) is 13.2. The van der Waals surface area contributed by atoms with Gasteiger partial charge in [0.15, 0.2) is 0 Å². The highest BCUT2D eigenvalue weighted by molar-refractivity contribution is 5.78. The quantitative estimate of drug-likeness (QED) is 0.771. The zero-order valence-corrected chi connectivity index (χ0v) is 11.3. The fourth-order valence-electron chi connectivity index (χ4n) is 3.01. The molecule has 102 valence electrons. The molecule has 0 radical (unpaired) electrons. The fraction of sp³-hybridized carbons (Fsp3) is 0.846. The Morgan fingerprint density at radius 3 is 2.11 bits per heavy atom. The molecule has 2 amide bonds. The molecule has 18 heavy (non-hydrogen) atoms. The summed E-state index contributed by atoms with van der Waals surface area (Å²) < 4.78 is 0. The molecule has 0 aromatic rings. The van der Waals surface area contributed by atoms with Gasteiger partial charge in [0.2, 0.25) is 0 Å². The third-order valence-corrected chi connectivity index (χ3v) is 4.58. The van der Waals surface area contributed by atoms with Gasteiger partial charge in [-0.3, -0.25) is 4.79 Å². The Labute approximate surface area is 108 Å². The summed E-state index contributed by atoms with van der Waals surface area (Å²) in [4.78, 5) is 27.0. The van der Waals surface area contributed by atoms with E-state index in [4.69, 9.17) is 5.11 Å². The number of likely N-dealkylation sites (tertiary alicyclic amines) is 2. The van der Waals surface area contributed by atoms with Gasteiger partial charge in [-0.05, 0) is 25.2 Å². The van der Waals surface area contributed by atoms with Gasteiger partial charge in [0, 0.05) is 25.7 Å². The highest BCUT2D eigenvalue weighted by Gasteiger charge is 2.41. The predicted octanol–water partition coefficient (Wildman–Crippen LogP) is 1.49. The van der Waals surface area contributed by atoms with E-state index >= 15 is 0 Å². The van der Waals surface area contributed by atoms with Crippen molar-refractivity contribution in [3.8, 4) is 0 Å². The number of carboxylic acids is 1. The predicted molar refractivity (Wildman–Crippen MR) is 67.2 cm³/mol. The van der Waals surface area contributed by atoms with Crippen molar-refractivity contribution in [1.29, 1.82) is 0 Å². The van der Waals surface area contributed by atoms with E-state index in [0.717, 1.165) is 13.1 Å². The number of hydrogen-bond acceptors (Lipinski definition) is 2. The van der Waals surface area contributed by atoms with E-state index in [-0.39, 0.29) is 12.1 Å². The Bertz CT molecular complexity index is 348. The molecule has 0 saturated carbocycles. The van der Waals surface area contributed by atoms with E-state index in [1.54, 1.807) is 4.90 Å². The Balaban J connectivity index is 2.01. The van der Waals surface area contributed by atoms with Crippen molar-refractivity contribution >= 4 is 12.0 Å². The van der Waals surface area contributed by atoms with Crippen molar-refractivity contribution < 1.29 is 14.7 Å². The van der Waals surface area contributed by atoms with Crippen LogP contribution in [0, 0.1) is 17.8 Å². The molecule has 0 bridgehead atoms. The minimum Gasteiger partial charge on any atom is -0.481 e. The minimum atomic E-state index is -0.791. The van der Waals surface area contributed by atoms with Gasteiger partial charge in [-0.1, -0.05) is 13.8 Å². The smallest absolute Gasteiger partial charge is 0.320 e. The van der Waals surface area contributed by atoms with Crippen LogP contribution < -0.4 is 0 Å². The second kappa shape index (κ2) is 4.78. The summed E-state index contributed by atoms with van der Waals surface area (Å²) in [7, 11) is 0. The molecule has 5 heteroatoms. The van der Waals surface area contributed by atoms with E-state index in [2.05, 4.69) is 13.8 Å². The van der Waals surface area contributed by atoms with Crippen LogP contribution in [0.15, 0.2) is 0 Å². The molecule has 2 aliphatic rings. The maximum atomic E-state index is 12.4. The van der Waals surface area contributed by atoms with E-state index in [9.17, 15) is 9.59 Å². The highest BCUT2D eigenvalue weighted by atomic mass is 16.4. The molecule has 0 aliphatic carbocycles. The summed E-state index contributed by atoms with van der Waals surface area (Å²) in [6.45, 7) is 8.31. The number of carbonyl (C=O) groups excluding carboxylic acids is 1. The number of rotatable bonds is 1. The van der Waals surface area contributed by atoms with Crippen molar-refractivity contribution in [3.05, 3.63) is 0 Å². The van der Waals surface area contributed by atoms with Crippen molar-refractivity contribution in [3.63, 3.8) is 0 Å². The summed E-state index contributed by atoms with van der Waals surface area (Å²) >= 11 is 0. The molecule has 2 aliphatic heterocycles. The first-order valence-electron chi connectivity index (χ1n) is 6.70. The van der Waals surface area contributed by atoms with Crippen LogP contribution in [0.4, 0.5) is 4.79 Å². The Morgan fingerprint density at radius 1 is 1.11 bits per heavy atom. The topological polar surface area (TPSA) is 60.9 Å². The van der Waals surface area contributed by atoms with Gasteiger partial charge >= 0.3 is 12.0 Å². The van der Waals surface area contributed by atoms with Crippen LogP contribution in [0.3, 0.4) is 0 Å². The molecule has 2 saturated heterocycles. The lowest BCUT2D eigenvalue weighted by molar-refractivity contribution is -0.142. The van der Waals surface area contributed by atoms with Crippen LogP contribution >= 0.6 is 0 Å². The monoisotopic (exact) mass is 254 g/mol. The summed E-state index contributed by atoms with van der Waals surface area (Å²) in [6.07, 6.45) is 0.571. The number of carboxylic acid groups (broad SMARTS) is 1. The van der Waals surface area contributed by atoms with Gasteiger partial charge in [-0.2, -0.15) is 0 Å². The van der Waals surface area contributed by atoms with Crippen LogP contribution in [0.2, 0.25) is 0 Å². The number of nitrogens with zero attached hydrogens (tertiary/aromatic N) is 2. The molecule has 4 unspecified atom stereocenters. The molecule has 1 N–H and O–H groups in total. The van der Waals surface area contributed by atoms with Crippen LogP contribution in [0.25, 0.3) is 0 Å². The zero-order valence-electron chi connectivity index (χ0n) is 11.3. The van der Waals surface area contributed by atoms with Crippen molar-refractivity contribution in [2.75, 3.05) is 19.6 Å². The number of hydrogen-bond donors (Lipinski definition) is 1. The Kier molecular flexibility index (Phi) is 3.50. The van der Waals surface area contributed by atoms with Crippen LogP contribution in [0.5, 0.6) is 0 Å². The fourth-order valence-corrected chi connectivity index (χ4v) is 3.01. The second-order valence-electron chi connectivity index (χ2n) is 5.81. The number of urea groups is 1. The first-order valence-corrected chi connectivity index (χ1v) is 6.70. The molecule has 4 atom stereocenters. The van der Waals surface area contributed by atoms with E-state index in [1.165, 1.54) is 0 Å². The molecule has 0 aromatic carbocycles. The van der Waals surface area contributed by atoms with E-state index < -0.39 is 11.9 Å². The molecule has 0 aromatic heterocycles. The number of carbonyl (C=O) groups is 2. The summed E-state index contributed by atoms with van der Waals surface area (Å²) in [5.41, 5.74) is 0. The standard InChI is InChI=1S/C13H22N2O3/c1-8-6-14(7-9(8)2)13(18)15-5-4-11(10(15)3)12(16)17/h8-11H,4-7H2,1-3H3,(H,16,17). The number of amides is 2. The normalized spacial score (nSPS) is 36.2. The SMILES string of the molecule is CC1CN(C(=O)N2CCC(C(=O)O)C2C)CC1C. The van der Waals surface area contributed by atoms with Gasteiger partial charge < -0.3 is 14.9 Å². The Morgan fingerprint density at radius 2 is 1.67 bits per heavy atom. The first-order chi connectivity index (χ1) is 8.41.